The Morgan fingerprint density at radius 2 is 1.68 bits per heavy atom. The molecule has 2 aromatic carbocycles. The highest BCUT2D eigenvalue weighted by atomic mass is 19.1. The Bertz CT molecular complexity index is 515. The molecule has 0 aromatic heterocycles. The Morgan fingerprint density at radius 3 is 2.37 bits per heavy atom. The summed E-state index contributed by atoms with van der Waals surface area (Å²) >= 11 is 0. The SMILES string of the molecule is C[C@@H](NCC(O)c1ccccc1F)c1ccccc1. The van der Waals surface area contributed by atoms with Gasteiger partial charge in [-0.1, -0.05) is 48.5 Å². The molecule has 0 amide bonds. The molecule has 0 spiro atoms. The number of benzene rings is 2. The lowest BCUT2D eigenvalue weighted by Gasteiger charge is -2.18. The first kappa shape index (κ1) is 13.7. The van der Waals surface area contributed by atoms with Crippen LogP contribution in [0.4, 0.5) is 4.39 Å². The molecule has 2 atom stereocenters. The molecule has 100 valence electrons. The van der Waals surface area contributed by atoms with E-state index in [9.17, 15) is 9.50 Å². The van der Waals surface area contributed by atoms with Crippen LogP contribution in [0.15, 0.2) is 54.6 Å². The van der Waals surface area contributed by atoms with Gasteiger partial charge in [-0.25, -0.2) is 4.39 Å². The van der Waals surface area contributed by atoms with Gasteiger partial charge in [0.25, 0.3) is 0 Å². The maximum absolute atomic E-state index is 13.5. The monoisotopic (exact) mass is 259 g/mol. The highest BCUT2D eigenvalue weighted by Crippen LogP contribution is 2.17. The lowest BCUT2D eigenvalue weighted by molar-refractivity contribution is 0.166. The van der Waals surface area contributed by atoms with Crippen molar-refractivity contribution in [2.75, 3.05) is 6.54 Å². The number of nitrogens with one attached hydrogen (secondary N) is 1. The lowest BCUT2D eigenvalue weighted by Crippen LogP contribution is -2.25. The maximum atomic E-state index is 13.5. The second-order valence-corrected chi connectivity index (χ2v) is 4.58. The third-order valence-corrected chi connectivity index (χ3v) is 3.18. The zero-order chi connectivity index (χ0) is 13.7. The summed E-state index contributed by atoms with van der Waals surface area (Å²) in [4.78, 5) is 0. The molecular formula is C16H18FNO. The van der Waals surface area contributed by atoms with Crippen LogP contribution in [-0.4, -0.2) is 11.7 Å². The molecule has 19 heavy (non-hydrogen) atoms. The fourth-order valence-corrected chi connectivity index (χ4v) is 2.00. The average molecular weight is 259 g/mol. The van der Waals surface area contributed by atoms with Crippen molar-refractivity contribution in [1.82, 2.24) is 5.32 Å². The fraction of sp³-hybridized carbons (Fsp3) is 0.250. The first-order valence-electron chi connectivity index (χ1n) is 6.39. The van der Waals surface area contributed by atoms with Crippen molar-refractivity contribution in [3.8, 4) is 0 Å². The molecule has 3 heteroatoms. The number of hydrogen-bond acceptors (Lipinski definition) is 2. The molecule has 2 aromatic rings. The average Bonchev–Trinajstić information content (AvgIpc) is 2.46. The van der Waals surface area contributed by atoms with Gasteiger partial charge in [0.15, 0.2) is 0 Å². The first-order chi connectivity index (χ1) is 9.18. The molecule has 0 aliphatic rings. The summed E-state index contributed by atoms with van der Waals surface area (Å²) in [5.41, 5.74) is 1.47. The van der Waals surface area contributed by atoms with Crippen LogP contribution in [0.5, 0.6) is 0 Å². The van der Waals surface area contributed by atoms with Crippen LogP contribution >= 0.6 is 0 Å². The van der Waals surface area contributed by atoms with Crippen molar-refractivity contribution < 1.29 is 9.50 Å². The Morgan fingerprint density at radius 1 is 1.05 bits per heavy atom. The number of rotatable bonds is 5. The molecule has 0 aliphatic heterocycles. The van der Waals surface area contributed by atoms with Gasteiger partial charge in [0.2, 0.25) is 0 Å². The summed E-state index contributed by atoms with van der Waals surface area (Å²) in [6.45, 7) is 2.33. The minimum absolute atomic E-state index is 0.114. The quantitative estimate of drug-likeness (QED) is 0.864. The molecule has 2 rings (SSSR count). The summed E-state index contributed by atoms with van der Waals surface area (Å²) in [5, 5.41) is 13.2. The van der Waals surface area contributed by atoms with Gasteiger partial charge in [-0.05, 0) is 18.6 Å². The van der Waals surface area contributed by atoms with Gasteiger partial charge in [-0.15, -0.1) is 0 Å². The first-order valence-corrected chi connectivity index (χ1v) is 6.39. The van der Waals surface area contributed by atoms with Crippen LogP contribution in [0, 0.1) is 5.82 Å². The molecule has 0 saturated carbocycles. The Hall–Kier alpha value is -1.71. The molecule has 0 saturated heterocycles. The van der Waals surface area contributed by atoms with E-state index in [2.05, 4.69) is 5.32 Å². The molecule has 2 nitrogen and oxygen atoms in total. The summed E-state index contributed by atoms with van der Waals surface area (Å²) < 4.78 is 13.5. The van der Waals surface area contributed by atoms with Gasteiger partial charge in [0.1, 0.15) is 5.82 Å². The second-order valence-electron chi connectivity index (χ2n) is 4.58. The van der Waals surface area contributed by atoms with Crippen LogP contribution in [0.2, 0.25) is 0 Å². The van der Waals surface area contributed by atoms with E-state index < -0.39 is 6.10 Å². The third kappa shape index (κ3) is 3.63. The molecular weight excluding hydrogens is 241 g/mol. The summed E-state index contributed by atoms with van der Waals surface area (Å²) in [6, 6.07) is 16.4. The number of hydrogen-bond donors (Lipinski definition) is 2. The molecule has 2 N–H and O–H groups in total. The van der Waals surface area contributed by atoms with E-state index in [0.717, 1.165) is 5.56 Å². The van der Waals surface area contributed by atoms with Crippen molar-refractivity contribution in [1.29, 1.82) is 0 Å². The molecule has 0 bridgehead atoms. The van der Waals surface area contributed by atoms with Gasteiger partial charge < -0.3 is 10.4 Å². The van der Waals surface area contributed by atoms with Gasteiger partial charge >= 0.3 is 0 Å². The van der Waals surface area contributed by atoms with E-state index in [4.69, 9.17) is 0 Å². The number of aliphatic hydroxyl groups excluding tert-OH is 1. The van der Waals surface area contributed by atoms with E-state index in [0.29, 0.717) is 12.1 Å². The summed E-state index contributed by atoms with van der Waals surface area (Å²) in [5.74, 6) is -0.371. The van der Waals surface area contributed by atoms with Gasteiger partial charge in [-0.3, -0.25) is 0 Å². The lowest BCUT2D eigenvalue weighted by atomic mass is 10.1. The highest BCUT2D eigenvalue weighted by Gasteiger charge is 2.13. The van der Waals surface area contributed by atoms with Gasteiger partial charge in [0.05, 0.1) is 6.10 Å². The minimum Gasteiger partial charge on any atom is -0.387 e. The van der Waals surface area contributed by atoms with Crippen molar-refractivity contribution in [2.24, 2.45) is 0 Å². The smallest absolute Gasteiger partial charge is 0.129 e. The topological polar surface area (TPSA) is 32.3 Å². The Kier molecular flexibility index (Phi) is 4.66. The van der Waals surface area contributed by atoms with Crippen LogP contribution < -0.4 is 5.32 Å². The van der Waals surface area contributed by atoms with E-state index >= 15 is 0 Å². The predicted octanol–water partition coefficient (Wildman–Crippen LogP) is 3.21. The zero-order valence-corrected chi connectivity index (χ0v) is 10.9. The fourth-order valence-electron chi connectivity index (χ4n) is 2.00. The molecule has 0 heterocycles. The molecule has 0 radical (unpaired) electrons. The van der Waals surface area contributed by atoms with E-state index in [1.54, 1.807) is 18.2 Å². The van der Waals surface area contributed by atoms with Crippen LogP contribution in [0.1, 0.15) is 30.2 Å². The summed E-state index contributed by atoms with van der Waals surface area (Å²) in [6.07, 6.45) is -0.840. The van der Waals surface area contributed by atoms with E-state index in [1.807, 2.05) is 37.3 Å². The van der Waals surface area contributed by atoms with Crippen LogP contribution in [0.25, 0.3) is 0 Å². The second kappa shape index (κ2) is 6.45. The van der Waals surface area contributed by atoms with E-state index in [-0.39, 0.29) is 11.9 Å². The third-order valence-electron chi connectivity index (χ3n) is 3.18. The van der Waals surface area contributed by atoms with Crippen molar-refractivity contribution in [3.05, 3.63) is 71.5 Å². The summed E-state index contributed by atoms with van der Waals surface area (Å²) in [7, 11) is 0. The molecule has 1 unspecified atom stereocenters. The number of aliphatic hydroxyl groups is 1. The molecule has 0 fully saturated rings. The normalized spacial score (nSPS) is 14.1. The van der Waals surface area contributed by atoms with Crippen LogP contribution in [-0.2, 0) is 0 Å². The Labute approximate surface area is 112 Å². The van der Waals surface area contributed by atoms with Crippen molar-refractivity contribution >= 4 is 0 Å². The van der Waals surface area contributed by atoms with Gasteiger partial charge in [0, 0.05) is 18.2 Å². The highest BCUT2D eigenvalue weighted by molar-refractivity contribution is 5.21. The molecule has 0 aliphatic carbocycles. The zero-order valence-electron chi connectivity index (χ0n) is 10.9. The van der Waals surface area contributed by atoms with Crippen molar-refractivity contribution in [3.63, 3.8) is 0 Å². The standard InChI is InChI=1S/C16H18FNO/c1-12(13-7-3-2-4-8-13)18-11-16(19)14-9-5-6-10-15(14)17/h2-10,12,16,18-19H,11H2,1H3/t12-,16?/m1/s1. The maximum Gasteiger partial charge on any atom is 0.129 e. The number of halogens is 1. The van der Waals surface area contributed by atoms with Gasteiger partial charge in [-0.2, -0.15) is 0 Å². The van der Waals surface area contributed by atoms with E-state index in [1.165, 1.54) is 6.07 Å². The van der Waals surface area contributed by atoms with Crippen molar-refractivity contribution in [2.45, 2.75) is 19.1 Å². The largest absolute Gasteiger partial charge is 0.387 e. The van der Waals surface area contributed by atoms with Crippen LogP contribution in [0.3, 0.4) is 0 Å². The predicted molar refractivity (Wildman–Crippen MR) is 74.2 cm³/mol. The Balaban J connectivity index is 1.94. The minimum atomic E-state index is -0.840.